The van der Waals surface area contributed by atoms with Crippen LogP contribution in [0, 0.1) is 0 Å². The minimum absolute atomic E-state index is 0.242. The highest BCUT2D eigenvalue weighted by atomic mass is 32.2. The number of carbonyl (C=O) groups excluding carboxylic acids is 2. The summed E-state index contributed by atoms with van der Waals surface area (Å²) in [7, 11) is 0. The fourth-order valence-electron chi connectivity index (χ4n) is 2.11. The Morgan fingerprint density at radius 2 is 2.13 bits per heavy atom. The normalized spacial score (nSPS) is 23.3. The maximum absolute atomic E-state index is 12.7. The standard InChI is InChI=1S/C13H15N7O2S/c1-7(21)15-10-9(23-13-16-12(14)17-18-13)11(22)20(19-10)8-5-3-2-4-6-8/h2-6,9,13,18H,1H3,(H3,14,16,17)(H,15,19,21). The van der Waals surface area contributed by atoms with Gasteiger partial charge in [0.25, 0.3) is 5.91 Å². The zero-order valence-electron chi connectivity index (χ0n) is 12.2. The molecule has 0 spiro atoms. The second-order valence-corrected chi connectivity index (χ2v) is 5.99. The van der Waals surface area contributed by atoms with E-state index in [9.17, 15) is 9.59 Å². The number of nitrogens with zero attached hydrogens (tertiary/aromatic N) is 3. The molecular formula is C13H15N7O2S. The van der Waals surface area contributed by atoms with Gasteiger partial charge in [-0.1, -0.05) is 30.0 Å². The molecule has 0 bridgehead atoms. The number of carbonyl (C=O) groups is 2. The molecule has 1 aromatic carbocycles. The number of hydrazone groups is 1. The number of amides is 2. The molecule has 2 aliphatic heterocycles. The molecule has 0 aromatic heterocycles. The van der Waals surface area contributed by atoms with Gasteiger partial charge in [-0.2, -0.15) is 5.01 Å². The number of benzene rings is 1. The quantitative estimate of drug-likeness (QED) is 0.579. The predicted molar refractivity (Wildman–Crippen MR) is 88.2 cm³/mol. The number of hydrogen-bond acceptors (Lipinski definition) is 8. The molecule has 0 saturated carbocycles. The first kappa shape index (κ1) is 15.3. The molecule has 0 aliphatic carbocycles. The summed E-state index contributed by atoms with van der Waals surface area (Å²) in [5.74, 6) is -0.0327. The van der Waals surface area contributed by atoms with Gasteiger partial charge in [0.2, 0.25) is 11.9 Å². The Kier molecular flexibility index (Phi) is 4.17. The van der Waals surface area contributed by atoms with E-state index >= 15 is 0 Å². The van der Waals surface area contributed by atoms with Crippen molar-refractivity contribution in [2.45, 2.75) is 17.7 Å². The number of amidine groups is 1. The highest BCUT2D eigenvalue weighted by Gasteiger charge is 2.40. The molecule has 0 radical (unpaired) electrons. The zero-order chi connectivity index (χ0) is 16.4. The Bertz CT molecular complexity index is 691. The summed E-state index contributed by atoms with van der Waals surface area (Å²) in [6.07, 6.45) is 0. The summed E-state index contributed by atoms with van der Waals surface area (Å²) >= 11 is 1.20. The van der Waals surface area contributed by atoms with Crippen molar-refractivity contribution in [3.05, 3.63) is 30.3 Å². The van der Waals surface area contributed by atoms with Crippen LogP contribution in [0.2, 0.25) is 0 Å². The van der Waals surface area contributed by atoms with Crippen LogP contribution in [-0.2, 0) is 9.59 Å². The molecule has 2 amide bonds. The lowest BCUT2D eigenvalue weighted by atomic mass is 10.3. The summed E-state index contributed by atoms with van der Waals surface area (Å²) in [5.41, 5.74) is 11.2. The molecule has 5 N–H and O–H groups in total. The van der Waals surface area contributed by atoms with Crippen LogP contribution in [0.15, 0.2) is 40.4 Å². The molecule has 3 rings (SSSR count). The monoisotopic (exact) mass is 333 g/mol. The van der Waals surface area contributed by atoms with Crippen LogP contribution in [0.25, 0.3) is 0 Å². The fraction of sp³-hybridized carbons (Fsp3) is 0.231. The van der Waals surface area contributed by atoms with Crippen molar-refractivity contribution in [3.63, 3.8) is 0 Å². The summed E-state index contributed by atoms with van der Waals surface area (Å²) in [6, 6.07) is 9.01. The largest absolute Gasteiger partial charge is 0.369 e. The highest BCUT2D eigenvalue weighted by Crippen LogP contribution is 2.28. The SMILES string of the molecule is CC(=O)NC1=NN(c2ccccc2)C(=O)C1SC1N=C(N)NN1. The Labute approximate surface area is 136 Å². The lowest BCUT2D eigenvalue weighted by Gasteiger charge is -2.15. The van der Waals surface area contributed by atoms with E-state index in [0.717, 1.165) is 0 Å². The van der Waals surface area contributed by atoms with Crippen LogP contribution in [0.4, 0.5) is 5.69 Å². The summed E-state index contributed by atoms with van der Waals surface area (Å²) in [6.45, 7) is 1.37. The summed E-state index contributed by atoms with van der Waals surface area (Å²) < 4.78 is 0. The summed E-state index contributed by atoms with van der Waals surface area (Å²) in [4.78, 5) is 28.2. The Morgan fingerprint density at radius 1 is 1.39 bits per heavy atom. The lowest BCUT2D eigenvalue weighted by molar-refractivity contribution is -0.117. The number of guanidine groups is 1. The van der Waals surface area contributed by atoms with Crippen molar-refractivity contribution < 1.29 is 9.59 Å². The van der Waals surface area contributed by atoms with Crippen LogP contribution in [0.3, 0.4) is 0 Å². The minimum atomic E-state index is -0.687. The predicted octanol–water partition coefficient (Wildman–Crippen LogP) is -0.709. The van der Waals surface area contributed by atoms with Gasteiger partial charge >= 0.3 is 0 Å². The van der Waals surface area contributed by atoms with Crippen LogP contribution >= 0.6 is 11.8 Å². The smallest absolute Gasteiger partial charge is 0.268 e. The molecule has 10 heteroatoms. The van der Waals surface area contributed by atoms with Crippen molar-refractivity contribution in [2.75, 3.05) is 5.01 Å². The number of hydrazine groups is 1. The van der Waals surface area contributed by atoms with E-state index in [2.05, 4.69) is 26.3 Å². The number of anilines is 1. The van der Waals surface area contributed by atoms with Gasteiger partial charge in [-0.3, -0.25) is 15.0 Å². The Balaban J connectivity index is 1.84. The number of nitrogens with one attached hydrogen (secondary N) is 3. The third-order valence-electron chi connectivity index (χ3n) is 3.04. The van der Waals surface area contributed by atoms with E-state index in [4.69, 9.17) is 5.73 Å². The van der Waals surface area contributed by atoms with Gasteiger partial charge in [0, 0.05) is 6.92 Å². The van der Waals surface area contributed by atoms with Gasteiger partial charge in [0.1, 0.15) is 5.25 Å². The van der Waals surface area contributed by atoms with E-state index in [-0.39, 0.29) is 23.6 Å². The third-order valence-corrected chi connectivity index (χ3v) is 4.22. The first-order chi connectivity index (χ1) is 11.0. The van der Waals surface area contributed by atoms with Gasteiger partial charge in [-0.25, -0.2) is 10.4 Å². The van der Waals surface area contributed by atoms with E-state index in [1.807, 2.05) is 18.2 Å². The van der Waals surface area contributed by atoms with Crippen molar-refractivity contribution in [1.82, 2.24) is 16.2 Å². The topological polar surface area (TPSA) is 124 Å². The van der Waals surface area contributed by atoms with Gasteiger partial charge in [0.05, 0.1) is 5.69 Å². The average molecular weight is 333 g/mol. The molecule has 2 heterocycles. The van der Waals surface area contributed by atoms with Crippen molar-refractivity contribution in [1.29, 1.82) is 0 Å². The highest BCUT2D eigenvalue weighted by molar-refractivity contribution is 8.02. The minimum Gasteiger partial charge on any atom is -0.369 e. The maximum atomic E-state index is 12.7. The molecule has 9 nitrogen and oxygen atoms in total. The van der Waals surface area contributed by atoms with Crippen LogP contribution in [0.5, 0.6) is 0 Å². The van der Waals surface area contributed by atoms with Gasteiger partial charge in [-0.15, -0.1) is 5.10 Å². The number of para-hydroxylation sites is 1. The van der Waals surface area contributed by atoms with Crippen molar-refractivity contribution in [3.8, 4) is 0 Å². The lowest BCUT2D eigenvalue weighted by Crippen LogP contribution is -2.42. The first-order valence-corrected chi connectivity index (χ1v) is 7.74. The van der Waals surface area contributed by atoms with Crippen LogP contribution < -0.4 is 26.9 Å². The Hall–Kier alpha value is -2.59. The molecular weight excluding hydrogens is 318 g/mol. The fourth-order valence-corrected chi connectivity index (χ4v) is 3.12. The van der Waals surface area contributed by atoms with E-state index in [1.165, 1.54) is 23.7 Å². The van der Waals surface area contributed by atoms with Crippen LogP contribution in [-0.4, -0.2) is 34.4 Å². The number of thioether (sulfide) groups is 1. The molecule has 1 aromatic rings. The molecule has 2 aliphatic rings. The molecule has 2 atom stereocenters. The second-order valence-electron chi connectivity index (χ2n) is 4.80. The molecule has 0 fully saturated rings. The number of aliphatic imine (C=N–C) groups is 1. The Morgan fingerprint density at radius 3 is 2.74 bits per heavy atom. The van der Waals surface area contributed by atoms with Gasteiger partial charge in [-0.05, 0) is 12.1 Å². The van der Waals surface area contributed by atoms with Crippen LogP contribution in [0.1, 0.15) is 6.92 Å². The average Bonchev–Trinajstić information content (AvgIpc) is 3.06. The number of hydrogen-bond donors (Lipinski definition) is 4. The molecule has 0 saturated heterocycles. The number of nitrogens with two attached hydrogens (primary N) is 1. The van der Waals surface area contributed by atoms with Crippen molar-refractivity contribution >= 4 is 41.1 Å². The molecule has 2 unspecified atom stereocenters. The first-order valence-electron chi connectivity index (χ1n) is 6.80. The maximum Gasteiger partial charge on any atom is 0.268 e. The van der Waals surface area contributed by atoms with Gasteiger partial charge < -0.3 is 11.1 Å². The third kappa shape index (κ3) is 3.27. The molecule has 23 heavy (non-hydrogen) atoms. The summed E-state index contributed by atoms with van der Waals surface area (Å²) in [5, 5.41) is 7.44. The van der Waals surface area contributed by atoms with Gasteiger partial charge in [0.15, 0.2) is 11.3 Å². The van der Waals surface area contributed by atoms with E-state index in [1.54, 1.807) is 12.1 Å². The van der Waals surface area contributed by atoms with E-state index in [0.29, 0.717) is 5.69 Å². The number of rotatable bonds is 3. The zero-order valence-corrected chi connectivity index (χ0v) is 13.0. The van der Waals surface area contributed by atoms with Crippen molar-refractivity contribution in [2.24, 2.45) is 15.8 Å². The second kappa shape index (κ2) is 6.26. The van der Waals surface area contributed by atoms with E-state index < -0.39 is 10.7 Å². The molecule has 120 valence electrons.